The van der Waals surface area contributed by atoms with Gasteiger partial charge in [-0.05, 0) is 87.7 Å². The highest BCUT2D eigenvalue weighted by molar-refractivity contribution is 8.26. The molecule has 33 heavy (non-hydrogen) atoms. The fraction of sp³-hybridized carbons (Fsp3) is 0.593. The van der Waals surface area contributed by atoms with Crippen molar-refractivity contribution < 1.29 is 9.59 Å². The van der Waals surface area contributed by atoms with Gasteiger partial charge in [0.15, 0.2) is 0 Å². The van der Waals surface area contributed by atoms with E-state index in [1.807, 2.05) is 30.3 Å². The van der Waals surface area contributed by atoms with E-state index in [0.717, 1.165) is 42.6 Å². The number of hydrogen-bond donors (Lipinski definition) is 1. The summed E-state index contributed by atoms with van der Waals surface area (Å²) in [5, 5.41) is 3.47. The van der Waals surface area contributed by atoms with Crippen molar-refractivity contribution in [2.45, 2.75) is 76.7 Å². The van der Waals surface area contributed by atoms with Gasteiger partial charge in [0.2, 0.25) is 5.91 Å². The minimum Gasteiger partial charge on any atom is -0.351 e. The third kappa shape index (κ3) is 5.22. The van der Waals surface area contributed by atoms with Crippen molar-refractivity contribution in [1.82, 2.24) is 10.2 Å². The molecule has 1 aromatic carbocycles. The van der Waals surface area contributed by atoms with E-state index in [0.29, 0.717) is 22.2 Å². The topological polar surface area (TPSA) is 49.4 Å². The molecule has 4 saturated carbocycles. The number of hydrogen-bond acceptors (Lipinski definition) is 4. The van der Waals surface area contributed by atoms with Crippen LogP contribution in [0.25, 0.3) is 6.08 Å². The zero-order valence-corrected chi connectivity index (χ0v) is 21.1. The fourth-order valence-electron chi connectivity index (χ4n) is 6.86. The van der Waals surface area contributed by atoms with E-state index < -0.39 is 0 Å². The lowest BCUT2D eigenvalue weighted by molar-refractivity contribution is -0.127. The lowest BCUT2D eigenvalue weighted by Gasteiger charge is -2.56. The second-order valence-corrected chi connectivity index (χ2v) is 12.5. The van der Waals surface area contributed by atoms with Crippen molar-refractivity contribution in [3.05, 3.63) is 40.3 Å². The van der Waals surface area contributed by atoms with Crippen molar-refractivity contribution in [1.29, 1.82) is 0 Å². The number of thioether (sulfide) groups is 1. The first-order valence-electron chi connectivity index (χ1n) is 12.5. The summed E-state index contributed by atoms with van der Waals surface area (Å²) in [6.45, 7) is 2.68. The van der Waals surface area contributed by atoms with Gasteiger partial charge in [0, 0.05) is 18.5 Å². The Hall–Kier alpha value is -1.66. The average Bonchev–Trinajstić information content (AvgIpc) is 3.01. The third-order valence-corrected chi connectivity index (χ3v) is 9.35. The summed E-state index contributed by atoms with van der Waals surface area (Å²) in [6.07, 6.45) is 13.0. The summed E-state index contributed by atoms with van der Waals surface area (Å²) >= 11 is 6.84. The second kappa shape index (κ2) is 9.53. The molecule has 1 aliphatic heterocycles. The molecule has 4 nitrogen and oxygen atoms in total. The molecule has 2 amide bonds. The largest absolute Gasteiger partial charge is 0.351 e. The highest BCUT2D eigenvalue weighted by atomic mass is 32.2. The van der Waals surface area contributed by atoms with E-state index in [1.54, 1.807) is 4.90 Å². The highest BCUT2D eigenvalue weighted by Gasteiger charge is 2.51. The lowest BCUT2D eigenvalue weighted by Crippen LogP contribution is -2.59. The van der Waals surface area contributed by atoms with Crippen molar-refractivity contribution in [3.8, 4) is 0 Å². The van der Waals surface area contributed by atoms with Gasteiger partial charge in [0.05, 0.1) is 4.91 Å². The molecule has 5 aliphatic rings. The van der Waals surface area contributed by atoms with Crippen LogP contribution in [0.5, 0.6) is 0 Å². The molecule has 1 heterocycles. The molecule has 0 atom stereocenters. The van der Waals surface area contributed by atoms with E-state index in [4.69, 9.17) is 12.2 Å². The van der Waals surface area contributed by atoms with Crippen LogP contribution in [0.3, 0.4) is 0 Å². The Kier molecular flexibility index (Phi) is 6.67. The molecule has 1 saturated heterocycles. The summed E-state index contributed by atoms with van der Waals surface area (Å²) in [4.78, 5) is 27.9. The number of carbonyl (C=O) groups is 2. The molecule has 0 unspecified atom stereocenters. The number of rotatable bonds is 8. The molecular formula is C27H34N2O2S2. The van der Waals surface area contributed by atoms with Gasteiger partial charge < -0.3 is 5.32 Å². The summed E-state index contributed by atoms with van der Waals surface area (Å²) < 4.78 is 0.637. The number of thiocarbonyl (C=S) groups is 1. The molecule has 6 heteroatoms. The lowest BCUT2D eigenvalue weighted by atomic mass is 9.53. The van der Waals surface area contributed by atoms with Gasteiger partial charge >= 0.3 is 0 Å². The Balaban J connectivity index is 1.04. The standard InChI is InChI=1S/C27H34N2O2S2/c1-18-6-8-19(9-7-18)14-23-25(31)29(26(32)33-23)10-4-2-3-5-24(30)28-27-15-20-11-21(16-27)13-22(12-20)17-27/h6-9,14,20-22H,2-5,10-13,15-17H2,1H3,(H,28,30). The predicted octanol–water partition coefficient (Wildman–Crippen LogP) is 5.84. The van der Waals surface area contributed by atoms with E-state index in [-0.39, 0.29) is 17.4 Å². The number of nitrogens with one attached hydrogen (secondary N) is 1. The Morgan fingerprint density at radius 2 is 1.73 bits per heavy atom. The number of amides is 2. The molecule has 4 aliphatic carbocycles. The highest BCUT2D eigenvalue weighted by Crippen LogP contribution is 2.55. The SMILES string of the molecule is Cc1ccc(C=C2SC(=S)N(CCCCCC(=O)NC34CC5CC(CC(C5)C3)C4)C2=O)cc1. The molecular weight excluding hydrogens is 448 g/mol. The molecule has 4 bridgehead atoms. The molecule has 5 fully saturated rings. The van der Waals surface area contributed by atoms with Crippen LogP contribution in [0.4, 0.5) is 0 Å². The Labute approximate surface area is 206 Å². The Morgan fingerprint density at radius 1 is 1.09 bits per heavy atom. The number of carbonyl (C=O) groups excluding carboxylic acids is 2. The molecule has 176 valence electrons. The zero-order chi connectivity index (χ0) is 23.0. The summed E-state index contributed by atoms with van der Waals surface area (Å²) in [6, 6.07) is 8.14. The number of unbranched alkanes of at least 4 members (excludes halogenated alkanes) is 2. The maximum absolute atomic E-state index is 12.8. The van der Waals surface area contributed by atoms with Gasteiger partial charge in [-0.15, -0.1) is 0 Å². The summed E-state index contributed by atoms with van der Waals surface area (Å²) in [5.41, 5.74) is 2.33. The van der Waals surface area contributed by atoms with Crippen LogP contribution in [0.15, 0.2) is 29.2 Å². The smallest absolute Gasteiger partial charge is 0.266 e. The van der Waals surface area contributed by atoms with Gasteiger partial charge in [-0.2, -0.15) is 0 Å². The monoisotopic (exact) mass is 482 g/mol. The number of benzene rings is 1. The van der Waals surface area contributed by atoms with Crippen molar-refractivity contribution in [2.75, 3.05) is 6.54 Å². The van der Waals surface area contributed by atoms with E-state index in [2.05, 4.69) is 12.2 Å². The van der Waals surface area contributed by atoms with E-state index in [9.17, 15) is 9.59 Å². The average molecular weight is 483 g/mol. The first kappa shape index (κ1) is 23.1. The summed E-state index contributed by atoms with van der Waals surface area (Å²) in [7, 11) is 0. The van der Waals surface area contributed by atoms with Crippen molar-refractivity contribution in [2.24, 2.45) is 17.8 Å². The minimum atomic E-state index is 0.00475. The number of nitrogens with zero attached hydrogens (tertiary/aromatic N) is 1. The maximum Gasteiger partial charge on any atom is 0.266 e. The molecule has 0 aromatic heterocycles. The molecule has 6 rings (SSSR count). The van der Waals surface area contributed by atoms with Crippen molar-refractivity contribution >= 4 is 46.2 Å². The van der Waals surface area contributed by atoms with Gasteiger partial charge in [-0.3, -0.25) is 14.5 Å². The number of aryl methyl sites for hydroxylation is 1. The van der Waals surface area contributed by atoms with Gasteiger partial charge in [0.1, 0.15) is 4.32 Å². The molecule has 1 aromatic rings. The van der Waals surface area contributed by atoms with Crippen LogP contribution in [0.2, 0.25) is 0 Å². The molecule has 0 radical (unpaired) electrons. The first-order chi connectivity index (χ1) is 15.9. The third-order valence-electron chi connectivity index (χ3n) is 7.98. The Bertz CT molecular complexity index is 934. The van der Waals surface area contributed by atoms with Crippen LogP contribution >= 0.6 is 24.0 Å². The fourth-order valence-corrected chi connectivity index (χ4v) is 8.17. The van der Waals surface area contributed by atoms with Crippen LogP contribution in [-0.2, 0) is 9.59 Å². The van der Waals surface area contributed by atoms with E-state index >= 15 is 0 Å². The van der Waals surface area contributed by atoms with Crippen LogP contribution in [0.1, 0.15) is 75.3 Å². The van der Waals surface area contributed by atoms with E-state index in [1.165, 1.54) is 55.9 Å². The zero-order valence-electron chi connectivity index (χ0n) is 19.5. The minimum absolute atomic E-state index is 0.00475. The van der Waals surface area contributed by atoms with Crippen LogP contribution in [0, 0.1) is 24.7 Å². The second-order valence-electron chi connectivity index (χ2n) is 10.8. The van der Waals surface area contributed by atoms with Gasteiger partial charge in [-0.25, -0.2) is 0 Å². The predicted molar refractivity (Wildman–Crippen MR) is 139 cm³/mol. The van der Waals surface area contributed by atoms with Crippen molar-refractivity contribution in [3.63, 3.8) is 0 Å². The maximum atomic E-state index is 12.8. The summed E-state index contributed by atoms with van der Waals surface area (Å²) in [5.74, 6) is 2.78. The Morgan fingerprint density at radius 3 is 2.36 bits per heavy atom. The van der Waals surface area contributed by atoms with Crippen LogP contribution in [-0.4, -0.2) is 33.1 Å². The van der Waals surface area contributed by atoms with Gasteiger partial charge in [-0.1, -0.05) is 60.2 Å². The van der Waals surface area contributed by atoms with Gasteiger partial charge in [0.25, 0.3) is 5.91 Å². The van der Waals surface area contributed by atoms with Crippen LogP contribution < -0.4 is 5.32 Å². The molecule has 1 N–H and O–H groups in total. The normalized spacial score (nSPS) is 31.6. The molecule has 0 spiro atoms. The quantitative estimate of drug-likeness (QED) is 0.287. The first-order valence-corrected chi connectivity index (χ1v) is 13.7.